The molecule has 0 bridgehead atoms. The van der Waals surface area contributed by atoms with Gasteiger partial charge in [0.2, 0.25) is 0 Å². The minimum Gasteiger partial charge on any atom is -1.00 e. The summed E-state index contributed by atoms with van der Waals surface area (Å²) in [6.07, 6.45) is 16.1. The summed E-state index contributed by atoms with van der Waals surface area (Å²) in [4.78, 5) is 0. The molecule has 1 aliphatic carbocycles. The van der Waals surface area contributed by atoms with Crippen molar-refractivity contribution in [3.63, 3.8) is 0 Å². The number of hydrogen-bond donors (Lipinski definition) is 0. The standard InChI is InChI=1S/C20H25Si.3ClH.Ti/c1-2-3-7-12-20(13-8-4-9-14-20)21-19-15-17-10-5-6-11-18(17)16-19;;;;/h4-6,8-11,13,15-16H,2-3,7,12,14,21H2,1H3;3*1H;/q-1;;;;+4/p-3. The van der Waals surface area contributed by atoms with E-state index in [0.29, 0.717) is 5.04 Å². The number of allylic oxidation sites excluding steroid dienone is 4. The van der Waals surface area contributed by atoms with Gasteiger partial charge in [-0.15, -0.1) is 29.7 Å². The maximum absolute atomic E-state index is 2.52. The van der Waals surface area contributed by atoms with Gasteiger partial charge in [0.25, 0.3) is 0 Å². The molecule has 2 aromatic carbocycles. The number of hydrogen-bond acceptors (Lipinski definition) is 0. The third kappa shape index (κ3) is 7.33. The Labute approximate surface area is 188 Å². The van der Waals surface area contributed by atoms with E-state index >= 15 is 0 Å². The SMILES string of the molecule is CCCCCC1([SiH2]c2cc3ccccc3[cH-]2)C=CC=CC1.[Cl-].[Cl-].[Cl-].[Ti+4]. The fourth-order valence-corrected chi connectivity index (χ4v) is 6.01. The predicted octanol–water partition coefficient (Wildman–Crippen LogP) is -4.38. The number of halogens is 3. The van der Waals surface area contributed by atoms with E-state index in [9.17, 15) is 0 Å². The van der Waals surface area contributed by atoms with Gasteiger partial charge >= 0.3 is 21.7 Å². The molecule has 25 heavy (non-hydrogen) atoms. The molecular formula is C20H25Cl3SiTi. The summed E-state index contributed by atoms with van der Waals surface area (Å²) in [5.41, 5.74) is 0. The maximum atomic E-state index is 2.52. The molecule has 0 aliphatic heterocycles. The topological polar surface area (TPSA) is 0 Å². The van der Waals surface area contributed by atoms with E-state index in [1.54, 1.807) is 5.19 Å². The average Bonchev–Trinajstić information content (AvgIpc) is 2.90. The van der Waals surface area contributed by atoms with Crippen molar-refractivity contribution in [2.45, 2.75) is 44.1 Å². The van der Waals surface area contributed by atoms with Crippen LogP contribution in [-0.4, -0.2) is 9.52 Å². The molecule has 0 heterocycles. The molecule has 0 saturated carbocycles. The Morgan fingerprint density at radius 2 is 1.84 bits per heavy atom. The van der Waals surface area contributed by atoms with Crippen LogP contribution in [-0.2, 0) is 21.7 Å². The molecule has 0 aromatic heterocycles. The normalized spacial score (nSPS) is 18.3. The predicted molar refractivity (Wildman–Crippen MR) is 97.5 cm³/mol. The molecule has 0 nitrogen and oxygen atoms in total. The molecule has 0 radical (unpaired) electrons. The molecule has 5 heteroatoms. The smallest absolute Gasteiger partial charge is 1.00 e. The van der Waals surface area contributed by atoms with E-state index in [-0.39, 0.29) is 68.5 Å². The van der Waals surface area contributed by atoms with Crippen LogP contribution >= 0.6 is 0 Å². The Hall–Kier alpha value is 0.111. The minimum atomic E-state index is -0.289. The average molecular weight is 448 g/mol. The Bertz CT molecular complexity index is 633. The summed E-state index contributed by atoms with van der Waals surface area (Å²) in [5.74, 6) is 0. The fraction of sp³-hybridized carbons (Fsp3) is 0.350. The second kappa shape index (κ2) is 13.3. The molecule has 1 aliphatic rings. The van der Waals surface area contributed by atoms with Crippen molar-refractivity contribution < 1.29 is 58.9 Å². The quantitative estimate of drug-likeness (QED) is 0.238. The summed E-state index contributed by atoms with van der Waals surface area (Å²) in [6.45, 7) is 2.30. The summed E-state index contributed by atoms with van der Waals surface area (Å²) < 4.78 is 0. The van der Waals surface area contributed by atoms with Crippen LogP contribution in [0.15, 0.2) is 60.7 Å². The first kappa shape index (κ1) is 27.3. The second-order valence-electron chi connectivity index (χ2n) is 6.48. The number of benzene rings is 1. The van der Waals surface area contributed by atoms with Gasteiger partial charge in [-0.25, -0.2) is 0 Å². The summed E-state index contributed by atoms with van der Waals surface area (Å²) >= 11 is 0. The monoisotopic (exact) mass is 446 g/mol. The zero-order valence-electron chi connectivity index (χ0n) is 14.7. The summed E-state index contributed by atoms with van der Waals surface area (Å²) in [7, 11) is -0.289. The van der Waals surface area contributed by atoms with Gasteiger partial charge in [-0.2, -0.15) is 16.6 Å². The molecule has 0 amide bonds. The van der Waals surface area contributed by atoms with Crippen LogP contribution in [0.25, 0.3) is 10.8 Å². The van der Waals surface area contributed by atoms with Gasteiger partial charge in [0.1, 0.15) is 0 Å². The molecule has 0 fully saturated rings. The Morgan fingerprint density at radius 1 is 1.08 bits per heavy atom. The molecule has 2 aromatic rings. The first-order chi connectivity index (χ1) is 10.3. The molecule has 0 saturated heterocycles. The van der Waals surface area contributed by atoms with Crippen LogP contribution in [0.1, 0.15) is 39.0 Å². The van der Waals surface area contributed by atoms with Crippen molar-refractivity contribution in [2.24, 2.45) is 0 Å². The minimum absolute atomic E-state index is 0. The number of rotatable bonds is 6. The van der Waals surface area contributed by atoms with E-state index in [4.69, 9.17) is 0 Å². The molecule has 0 N–H and O–H groups in total. The zero-order chi connectivity index (χ0) is 14.5. The molecule has 1 unspecified atom stereocenters. The number of fused-ring (bicyclic) bond motifs is 1. The van der Waals surface area contributed by atoms with Crippen molar-refractivity contribution in [1.82, 2.24) is 0 Å². The molecule has 134 valence electrons. The first-order valence-corrected chi connectivity index (χ1v) is 9.71. The van der Waals surface area contributed by atoms with Crippen LogP contribution in [0.4, 0.5) is 0 Å². The van der Waals surface area contributed by atoms with Crippen LogP contribution in [0.2, 0.25) is 5.04 Å². The van der Waals surface area contributed by atoms with Gasteiger partial charge < -0.3 is 37.2 Å². The van der Waals surface area contributed by atoms with E-state index in [1.807, 2.05) is 0 Å². The Morgan fingerprint density at radius 3 is 2.48 bits per heavy atom. The van der Waals surface area contributed by atoms with Gasteiger partial charge in [-0.05, 0) is 17.9 Å². The van der Waals surface area contributed by atoms with Crippen LogP contribution in [0, 0.1) is 0 Å². The maximum Gasteiger partial charge on any atom is 4.00 e. The van der Waals surface area contributed by atoms with E-state index in [2.05, 4.69) is 67.6 Å². The third-order valence-corrected chi connectivity index (χ3v) is 7.13. The van der Waals surface area contributed by atoms with E-state index in [0.717, 1.165) is 0 Å². The van der Waals surface area contributed by atoms with Crippen LogP contribution < -0.4 is 42.4 Å². The Kier molecular flexibility index (Phi) is 14.5. The molecule has 1 atom stereocenters. The van der Waals surface area contributed by atoms with Gasteiger partial charge in [0, 0.05) is 9.52 Å². The van der Waals surface area contributed by atoms with Crippen molar-refractivity contribution in [3.8, 4) is 0 Å². The zero-order valence-corrected chi connectivity index (χ0v) is 19.9. The van der Waals surface area contributed by atoms with Crippen LogP contribution in [0.5, 0.6) is 0 Å². The van der Waals surface area contributed by atoms with Gasteiger partial charge in [-0.1, -0.05) is 56.6 Å². The van der Waals surface area contributed by atoms with Crippen molar-refractivity contribution >= 4 is 25.5 Å². The van der Waals surface area contributed by atoms with Gasteiger partial charge in [0.15, 0.2) is 0 Å². The van der Waals surface area contributed by atoms with E-state index in [1.165, 1.54) is 42.9 Å². The molecule has 0 spiro atoms. The third-order valence-electron chi connectivity index (χ3n) is 4.73. The Balaban J connectivity index is 0. The largest absolute Gasteiger partial charge is 4.00 e. The van der Waals surface area contributed by atoms with Crippen molar-refractivity contribution in [2.75, 3.05) is 0 Å². The van der Waals surface area contributed by atoms with Crippen molar-refractivity contribution in [3.05, 3.63) is 60.7 Å². The molecule has 3 rings (SSSR count). The fourth-order valence-electron chi connectivity index (χ4n) is 3.56. The van der Waals surface area contributed by atoms with Gasteiger partial charge in [0.05, 0.1) is 0 Å². The van der Waals surface area contributed by atoms with Crippen LogP contribution in [0.3, 0.4) is 0 Å². The van der Waals surface area contributed by atoms with Gasteiger partial charge in [-0.3, -0.25) is 0 Å². The first-order valence-electron chi connectivity index (χ1n) is 8.30. The summed E-state index contributed by atoms with van der Waals surface area (Å²) in [5, 5.41) is 4.94. The molecular weight excluding hydrogens is 423 g/mol. The second-order valence-corrected chi connectivity index (χ2v) is 9.06. The number of unbranched alkanes of at least 4 members (excludes halogenated alkanes) is 2. The summed E-state index contributed by atoms with van der Waals surface area (Å²) in [6, 6.07) is 13.7. The van der Waals surface area contributed by atoms with E-state index < -0.39 is 0 Å². The van der Waals surface area contributed by atoms with Crippen molar-refractivity contribution in [1.29, 1.82) is 0 Å².